The van der Waals surface area contributed by atoms with E-state index in [4.69, 9.17) is 4.74 Å². The molecule has 0 saturated carbocycles. The second kappa shape index (κ2) is 7.64. The lowest BCUT2D eigenvalue weighted by Gasteiger charge is -2.23. The molecule has 17 heavy (non-hydrogen) atoms. The van der Waals surface area contributed by atoms with Gasteiger partial charge in [-0.2, -0.15) is 0 Å². The molecule has 0 spiro atoms. The molecule has 4 heteroatoms. The van der Waals surface area contributed by atoms with Crippen LogP contribution in [-0.2, 0) is 11.3 Å². The summed E-state index contributed by atoms with van der Waals surface area (Å²) in [6.07, 6.45) is 3.68. The molecule has 1 heterocycles. The molecule has 2 nitrogen and oxygen atoms in total. The average Bonchev–Trinajstić information content (AvgIpc) is 2.33. The summed E-state index contributed by atoms with van der Waals surface area (Å²) in [5, 5.41) is 3.40. The van der Waals surface area contributed by atoms with Gasteiger partial charge in [-0.15, -0.1) is 12.4 Å². The van der Waals surface area contributed by atoms with Crippen molar-refractivity contribution in [1.29, 1.82) is 0 Å². The molecule has 0 aliphatic carbocycles. The number of ether oxygens (including phenoxy) is 1. The first-order chi connectivity index (χ1) is 7.86. The largest absolute Gasteiger partial charge is 0.375 e. The third-order valence-electron chi connectivity index (χ3n) is 2.95. The zero-order valence-corrected chi connectivity index (χ0v) is 10.6. The van der Waals surface area contributed by atoms with Crippen LogP contribution in [0.5, 0.6) is 0 Å². The maximum Gasteiger partial charge on any atom is 0.128 e. The van der Waals surface area contributed by atoms with Gasteiger partial charge < -0.3 is 10.1 Å². The number of rotatable bonds is 4. The summed E-state index contributed by atoms with van der Waals surface area (Å²) in [7, 11) is 0. The molecule has 0 radical (unpaired) electrons. The van der Waals surface area contributed by atoms with Crippen molar-refractivity contribution in [2.45, 2.75) is 31.9 Å². The van der Waals surface area contributed by atoms with Gasteiger partial charge in [-0.3, -0.25) is 0 Å². The normalized spacial score (nSPS) is 19.7. The fraction of sp³-hybridized carbons (Fsp3) is 0.538. The first kappa shape index (κ1) is 14.4. The Labute approximate surface area is 108 Å². The van der Waals surface area contributed by atoms with Gasteiger partial charge in [-0.05, 0) is 25.5 Å². The van der Waals surface area contributed by atoms with Gasteiger partial charge in [-0.25, -0.2) is 4.39 Å². The molecule has 1 fully saturated rings. The SMILES string of the molecule is Cl.Fc1ccccc1COCC1CCCCN1. The fourth-order valence-electron chi connectivity index (χ4n) is 1.99. The molecule has 0 bridgehead atoms. The van der Waals surface area contributed by atoms with Crippen LogP contribution in [0.2, 0.25) is 0 Å². The molecule has 0 aromatic heterocycles. The Hall–Kier alpha value is -0.640. The Balaban J connectivity index is 0.00000144. The molecule has 1 saturated heterocycles. The number of nitrogens with one attached hydrogen (secondary N) is 1. The van der Waals surface area contributed by atoms with E-state index in [0.717, 1.165) is 13.0 Å². The zero-order chi connectivity index (χ0) is 11.2. The van der Waals surface area contributed by atoms with Crippen molar-refractivity contribution in [2.75, 3.05) is 13.2 Å². The van der Waals surface area contributed by atoms with Gasteiger partial charge in [0, 0.05) is 11.6 Å². The van der Waals surface area contributed by atoms with Crippen LogP contribution in [0.1, 0.15) is 24.8 Å². The van der Waals surface area contributed by atoms with Crippen LogP contribution in [-0.4, -0.2) is 19.2 Å². The van der Waals surface area contributed by atoms with Crippen molar-refractivity contribution < 1.29 is 9.13 Å². The molecular formula is C13H19ClFNO. The minimum atomic E-state index is -0.181. The van der Waals surface area contributed by atoms with Crippen molar-refractivity contribution in [1.82, 2.24) is 5.32 Å². The van der Waals surface area contributed by atoms with E-state index >= 15 is 0 Å². The molecule has 1 aromatic rings. The van der Waals surface area contributed by atoms with Crippen LogP contribution in [0.25, 0.3) is 0 Å². The minimum absolute atomic E-state index is 0. The van der Waals surface area contributed by atoms with Gasteiger partial charge >= 0.3 is 0 Å². The second-order valence-electron chi connectivity index (χ2n) is 4.25. The highest BCUT2D eigenvalue weighted by Gasteiger charge is 2.12. The Morgan fingerprint density at radius 1 is 1.29 bits per heavy atom. The van der Waals surface area contributed by atoms with E-state index in [1.165, 1.54) is 18.9 Å². The van der Waals surface area contributed by atoms with Crippen LogP contribution >= 0.6 is 12.4 Å². The maximum atomic E-state index is 13.3. The molecule has 1 atom stereocenters. The van der Waals surface area contributed by atoms with Gasteiger partial charge in [0.05, 0.1) is 13.2 Å². The summed E-state index contributed by atoms with van der Waals surface area (Å²) in [5.74, 6) is -0.181. The van der Waals surface area contributed by atoms with Gasteiger partial charge in [-0.1, -0.05) is 24.6 Å². The highest BCUT2D eigenvalue weighted by atomic mass is 35.5. The Morgan fingerprint density at radius 3 is 2.82 bits per heavy atom. The van der Waals surface area contributed by atoms with Gasteiger partial charge in [0.2, 0.25) is 0 Å². The number of benzene rings is 1. The highest BCUT2D eigenvalue weighted by Crippen LogP contribution is 2.10. The molecule has 96 valence electrons. The summed E-state index contributed by atoms with van der Waals surface area (Å²) in [6, 6.07) is 7.21. The number of hydrogen-bond donors (Lipinski definition) is 1. The predicted molar refractivity (Wildman–Crippen MR) is 68.9 cm³/mol. The fourth-order valence-corrected chi connectivity index (χ4v) is 1.99. The Bertz CT molecular complexity index is 329. The predicted octanol–water partition coefficient (Wildman–Crippen LogP) is 2.91. The van der Waals surface area contributed by atoms with E-state index < -0.39 is 0 Å². The van der Waals surface area contributed by atoms with E-state index in [2.05, 4.69) is 5.32 Å². The van der Waals surface area contributed by atoms with E-state index in [0.29, 0.717) is 24.8 Å². The first-order valence-corrected chi connectivity index (χ1v) is 5.91. The van der Waals surface area contributed by atoms with Crippen LogP contribution in [0, 0.1) is 5.82 Å². The summed E-state index contributed by atoms with van der Waals surface area (Å²) in [6.45, 7) is 2.12. The molecule has 1 aromatic carbocycles. The number of piperidine rings is 1. The first-order valence-electron chi connectivity index (χ1n) is 5.91. The van der Waals surface area contributed by atoms with E-state index in [1.54, 1.807) is 12.1 Å². The number of halogens is 2. The molecule has 1 aliphatic rings. The molecule has 1 aliphatic heterocycles. The summed E-state index contributed by atoms with van der Waals surface area (Å²) < 4.78 is 18.8. The molecular weight excluding hydrogens is 241 g/mol. The van der Waals surface area contributed by atoms with E-state index in [1.807, 2.05) is 6.07 Å². The second-order valence-corrected chi connectivity index (χ2v) is 4.25. The van der Waals surface area contributed by atoms with Crippen molar-refractivity contribution in [3.05, 3.63) is 35.6 Å². The van der Waals surface area contributed by atoms with E-state index in [9.17, 15) is 4.39 Å². The third kappa shape index (κ3) is 4.62. The Kier molecular flexibility index (Phi) is 6.48. The average molecular weight is 260 g/mol. The molecule has 2 rings (SSSR count). The van der Waals surface area contributed by atoms with Crippen LogP contribution in [0.15, 0.2) is 24.3 Å². The molecule has 1 N–H and O–H groups in total. The lowest BCUT2D eigenvalue weighted by Crippen LogP contribution is -2.37. The van der Waals surface area contributed by atoms with Crippen LogP contribution < -0.4 is 5.32 Å². The monoisotopic (exact) mass is 259 g/mol. The van der Waals surface area contributed by atoms with Gasteiger partial charge in [0.25, 0.3) is 0 Å². The minimum Gasteiger partial charge on any atom is -0.375 e. The van der Waals surface area contributed by atoms with Crippen LogP contribution in [0.4, 0.5) is 4.39 Å². The molecule has 1 unspecified atom stereocenters. The standard InChI is InChI=1S/C13H18FNO.ClH/c14-13-7-2-1-5-11(13)9-16-10-12-6-3-4-8-15-12;/h1-2,5,7,12,15H,3-4,6,8-10H2;1H. The smallest absolute Gasteiger partial charge is 0.128 e. The third-order valence-corrected chi connectivity index (χ3v) is 2.95. The lowest BCUT2D eigenvalue weighted by molar-refractivity contribution is 0.0893. The van der Waals surface area contributed by atoms with Crippen molar-refractivity contribution in [3.63, 3.8) is 0 Å². The van der Waals surface area contributed by atoms with Gasteiger partial charge in [0.15, 0.2) is 0 Å². The quantitative estimate of drug-likeness (QED) is 0.898. The topological polar surface area (TPSA) is 21.3 Å². The maximum absolute atomic E-state index is 13.3. The van der Waals surface area contributed by atoms with Crippen molar-refractivity contribution >= 4 is 12.4 Å². The summed E-state index contributed by atoms with van der Waals surface area (Å²) >= 11 is 0. The van der Waals surface area contributed by atoms with Crippen LogP contribution in [0.3, 0.4) is 0 Å². The van der Waals surface area contributed by atoms with E-state index in [-0.39, 0.29) is 18.2 Å². The zero-order valence-electron chi connectivity index (χ0n) is 9.82. The summed E-state index contributed by atoms with van der Waals surface area (Å²) in [4.78, 5) is 0. The van der Waals surface area contributed by atoms with Crippen molar-refractivity contribution in [2.24, 2.45) is 0 Å². The number of hydrogen-bond acceptors (Lipinski definition) is 2. The lowest BCUT2D eigenvalue weighted by atomic mass is 10.1. The van der Waals surface area contributed by atoms with Gasteiger partial charge in [0.1, 0.15) is 5.82 Å². The summed E-state index contributed by atoms with van der Waals surface area (Å²) in [5.41, 5.74) is 0.637. The molecule has 0 amide bonds. The highest BCUT2D eigenvalue weighted by molar-refractivity contribution is 5.85. The van der Waals surface area contributed by atoms with Crippen molar-refractivity contribution in [3.8, 4) is 0 Å². The Morgan fingerprint density at radius 2 is 2.12 bits per heavy atom.